The Balaban J connectivity index is 2.48. The van der Waals surface area contributed by atoms with Crippen LogP contribution in [0.25, 0.3) is 0 Å². The number of hydrogen-bond donors (Lipinski definition) is 0. The van der Waals surface area contributed by atoms with Crippen LogP contribution in [0.2, 0.25) is 0 Å². The Morgan fingerprint density at radius 2 is 2.00 bits per heavy atom. The summed E-state index contributed by atoms with van der Waals surface area (Å²) < 4.78 is 1.08. The maximum Gasteiger partial charge on any atom is 0.182 e. The molecule has 0 aromatic heterocycles. The molecule has 2 rings (SSSR count). The van der Waals surface area contributed by atoms with Crippen LogP contribution < -0.4 is 0 Å². The quantitative estimate of drug-likeness (QED) is 0.454. The summed E-state index contributed by atoms with van der Waals surface area (Å²) in [5.74, 6) is 0. The van der Waals surface area contributed by atoms with E-state index in [9.17, 15) is 5.21 Å². The molecule has 0 amide bonds. The van der Waals surface area contributed by atoms with E-state index < -0.39 is 0 Å². The van der Waals surface area contributed by atoms with Crippen LogP contribution in [0.5, 0.6) is 0 Å². The van der Waals surface area contributed by atoms with Gasteiger partial charge in [0.05, 0.1) is 0 Å². The van der Waals surface area contributed by atoms with Gasteiger partial charge in [-0.05, 0) is 18.1 Å². The van der Waals surface area contributed by atoms with Crippen molar-refractivity contribution in [3.8, 4) is 0 Å². The second kappa shape index (κ2) is 3.12. The predicted octanol–water partition coefficient (Wildman–Crippen LogP) is 2.34. The highest BCUT2D eigenvalue weighted by Crippen LogP contribution is 2.22. The number of hydroxylamine groups is 1. The van der Waals surface area contributed by atoms with Crippen molar-refractivity contribution >= 4 is 6.21 Å². The van der Waals surface area contributed by atoms with Gasteiger partial charge in [0.15, 0.2) is 11.8 Å². The molecular formula is C12H15NO. The van der Waals surface area contributed by atoms with Crippen LogP contribution in [0.15, 0.2) is 24.3 Å². The zero-order valence-electron chi connectivity index (χ0n) is 8.66. The minimum absolute atomic E-state index is 0.279. The lowest BCUT2D eigenvalue weighted by Gasteiger charge is -2.21. The standard InChI is InChI=1S/C12H15NO/c1-12(2)8-7-10-5-3-4-6-11(10)9-13(12)14/h3-6,9H,7-8H2,1-2H3. The van der Waals surface area contributed by atoms with Crippen LogP contribution in [0, 0.1) is 5.21 Å². The molecule has 0 saturated carbocycles. The summed E-state index contributed by atoms with van der Waals surface area (Å²) in [6.45, 7) is 3.98. The third-order valence-electron chi connectivity index (χ3n) is 2.91. The summed E-state index contributed by atoms with van der Waals surface area (Å²) in [6.07, 6.45) is 3.60. The molecule has 0 fully saturated rings. The van der Waals surface area contributed by atoms with Crippen molar-refractivity contribution in [1.29, 1.82) is 0 Å². The van der Waals surface area contributed by atoms with E-state index in [0.29, 0.717) is 0 Å². The van der Waals surface area contributed by atoms with Gasteiger partial charge in [-0.3, -0.25) is 0 Å². The predicted molar refractivity (Wildman–Crippen MR) is 57.6 cm³/mol. The first kappa shape index (κ1) is 9.25. The third-order valence-corrected chi connectivity index (χ3v) is 2.91. The summed E-state index contributed by atoms with van der Waals surface area (Å²) in [6, 6.07) is 8.10. The highest BCUT2D eigenvalue weighted by atomic mass is 16.5. The molecule has 0 N–H and O–H groups in total. The van der Waals surface area contributed by atoms with E-state index >= 15 is 0 Å². The Labute approximate surface area is 84.5 Å². The molecule has 1 aromatic rings. The lowest BCUT2D eigenvalue weighted by Crippen LogP contribution is -2.32. The minimum Gasteiger partial charge on any atom is -0.623 e. The molecule has 0 spiro atoms. The summed E-state index contributed by atoms with van der Waals surface area (Å²) >= 11 is 0. The largest absolute Gasteiger partial charge is 0.623 e. The molecular weight excluding hydrogens is 174 g/mol. The van der Waals surface area contributed by atoms with Crippen molar-refractivity contribution in [1.82, 2.24) is 0 Å². The summed E-state index contributed by atoms with van der Waals surface area (Å²) in [4.78, 5) is 0. The van der Waals surface area contributed by atoms with Crippen molar-refractivity contribution in [2.45, 2.75) is 32.2 Å². The molecule has 0 aliphatic carbocycles. The average Bonchev–Trinajstić information content (AvgIpc) is 2.26. The number of hydrogen-bond acceptors (Lipinski definition) is 1. The van der Waals surface area contributed by atoms with Gasteiger partial charge in [-0.2, -0.15) is 0 Å². The normalized spacial score (nSPS) is 19.4. The molecule has 1 aromatic carbocycles. The lowest BCUT2D eigenvalue weighted by molar-refractivity contribution is -0.536. The molecule has 2 heteroatoms. The van der Waals surface area contributed by atoms with Gasteiger partial charge in [0.1, 0.15) is 0 Å². The van der Waals surface area contributed by atoms with Gasteiger partial charge in [0, 0.05) is 25.8 Å². The zero-order chi connectivity index (χ0) is 10.2. The lowest BCUT2D eigenvalue weighted by atomic mass is 9.96. The average molecular weight is 189 g/mol. The van der Waals surface area contributed by atoms with E-state index in [4.69, 9.17) is 0 Å². The van der Waals surface area contributed by atoms with Gasteiger partial charge in [-0.25, -0.2) is 4.74 Å². The fourth-order valence-corrected chi connectivity index (χ4v) is 1.74. The SMILES string of the molecule is CC1(C)CCc2ccccc2C=[N+]1[O-]. The summed E-state index contributed by atoms with van der Waals surface area (Å²) in [5, 5.41) is 11.8. The van der Waals surface area contributed by atoms with E-state index in [0.717, 1.165) is 23.1 Å². The highest BCUT2D eigenvalue weighted by molar-refractivity contribution is 5.78. The van der Waals surface area contributed by atoms with Crippen LogP contribution in [-0.4, -0.2) is 16.5 Å². The Kier molecular flexibility index (Phi) is 2.06. The topological polar surface area (TPSA) is 26.1 Å². The Morgan fingerprint density at radius 1 is 1.29 bits per heavy atom. The number of aryl methyl sites for hydroxylation is 1. The summed E-state index contributed by atoms with van der Waals surface area (Å²) in [5.41, 5.74) is 2.06. The van der Waals surface area contributed by atoms with Gasteiger partial charge in [0.2, 0.25) is 0 Å². The first-order chi connectivity index (χ1) is 6.59. The van der Waals surface area contributed by atoms with Crippen LogP contribution >= 0.6 is 0 Å². The zero-order valence-corrected chi connectivity index (χ0v) is 8.66. The fraction of sp³-hybridized carbons (Fsp3) is 0.417. The van der Waals surface area contributed by atoms with Crippen LogP contribution in [0.3, 0.4) is 0 Å². The van der Waals surface area contributed by atoms with Crippen LogP contribution in [0.4, 0.5) is 0 Å². The third kappa shape index (κ3) is 1.52. The molecule has 1 aliphatic heterocycles. The van der Waals surface area contributed by atoms with E-state index in [-0.39, 0.29) is 5.54 Å². The minimum atomic E-state index is -0.279. The second-order valence-corrected chi connectivity index (χ2v) is 4.47. The number of rotatable bonds is 0. The molecule has 2 nitrogen and oxygen atoms in total. The Morgan fingerprint density at radius 3 is 2.79 bits per heavy atom. The van der Waals surface area contributed by atoms with E-state index in [1.165, 1.54) is 5.56 Å². The van der Waals surface area contributed by atoms with Crippen molar-refractivity contribution in [2.24, 2.45) is 0 Å². The molecule has 74 valence electrons. The van der Waals surface area contributed by atoms with Gasteiger partial charge >= 0.3 is 0 Å². The van der Waals surface area contributed by atoms with Crippen LogP contribution in [0.1, 0.15) is 31.4 Å². The first-order valence-corrected chi connectivity index (χ1v) is 4.99. The highest BCUT2D eigenvalue weighted by Gasteiger charge is 2.28. The Bertz CT molecular complexity index is 380. The fourth-order valence-electron chi connectivity index (χ4n) is 1.74. The van der Waals surface area contributed by atoms with Gasteiger partial charge < -0.3 is 5.21 Å². The molecule has 0 bridgehead atoms. The second-order valence-electron chi connectivity index (χ2n) is 4.47. The molecule has 1 heterocycles. The molecule has 14 heavy (non-hydrogen) atoms. The number of nitrogens with zero attached hydrogens (tertiary/aromatic N) is 1. The molecule has 1 aliphatic rings. The van der Waals surface area contributed by atoms with Crippen molar-refractivity contribution in [3.63, 3.8) is 0 Å². The first-order valence-electron chi connectivity index (χ1n) is 4.99. The number of fused-ring (bicyclic) bond motifs is 1. The molecule has 0 unspecified atom stereocenters. The maximum atomic E-state index is 11.8. The molecule has 0 radical (unpaired) electrons. The molecule has 0 saturated heterocycles. The van der Waals surface area contributed by atoms with Gasteiger partial charge in [0.25, 0.3) is 0 Å². The Hall–Kier alpha value is -1.31. The van der Waals surface area contributed by atoms with Crippen molar-refractivity contribution < 1.29 is 4.74 Å². The van der Waals surface area contributed by atoms with Gasteiger partial charge in [-0.1, -0.05) is 18.2 Å². The summed E-state index contributed by atoms with van der Waals surface area (Å²) in [7, 11) is 0. The smallest absolute Gasteiger partial charge is 0.182 e. The van der Waals surface area contributed by atoms with E-state index in [1.807, 2.05) is 32.0 Å². The monoisotopic (exact) mass is 189 g/mol. The van der Waals surface area contributed by atoms with Gasteiger partial charge in [-0.15, -0.1) is 0 Å². The maximum absolute atomic E-state index is 11.8. The van der Waals surface area contributed by atoms with Crippen molar-refractivity contribution in [3.05, 3.63) is 40.6 Å². The van der Waals surface area contributed by atoms with E-state index in [1.54, 1.807) is 6.21 Å². The molecule has 0 atom stereocenters. The van der Waals surface area contributed by atoms with Crippen molar-refractivity contribution in [2.75, 3.05) is 0 Å². The number of benzene rings is 1. The van der Waals surface area contributed by atoms with Crippen LogP contribution in [-0.2, 0) is 6.42 Å². The van der Waals surface area contributed by atoms with E-state index in [2.05, 4.69) is 6.07 Å².